The molecule has 1 aliphatic rings. The molecule has 0 saturated carbocycles. The van der Waals surface area contributed by atoms with Gasteiger partial charge in [-0.25, -0.2) is 5.84 Å². The Labute approximate surface area is 117 Å². The minimum Gasteiger partial charge on any atom is -0.482 e. The van der Waals surface area contributed by atoms with Crippen molar-refractivity contribution in [2.75, 3.05) is 19.7 Å². The minimum absolute atomic E-state index is 0.0144. The Bertz CT molecular complexity index is 458. The van der Waals surface area contributed by atoms with Crippen molar-refractivity contribution < 1.29 is 14.3 Å². The second-order valence-electron chi connectivity index (χ2n) is 4.64. The zero-order chi connectivity index (χ0) is 14.4. The van der Waals surface area contributed by atoms with Gasteiger partial charge in [-0.15, -0.1) is 0 Å². The predicted octanol–water partition coefficient (Wildman–Crippen LogP) is -0.311. The summed E-state index contributed by atoms with van der Waals surface area (Å²) in [6.07, 6.45) is 4.45. The van der Waals surface area contributed by atoms with Crippen LogP contribution in [-0.4, -0.2) is 41.4 Å². The van der Waals surface area contributed by atoms with Crippen LogP contribution in [0.1, 0.15) is 12.8 Å². The highest BCUT2D eigenvalue weighted by atomic mass is 16.5. The lowest BCUT2D eigenvalue weighted by molar-refractivity contribution is -0.137. The quantitative estimate of drug-likeness (QED) is 0.447. The first-order valence-electron chi connectivity index (χ1n) is 6.51. The van der Waals surface area contributed by atoms with Crippen LogP contribution in [-0.2, 0) is 9.59 Å². The average molecular weight is 278 g/mol. The largest absolute Gasteiger partial charge is 0.482 e. The summed E-state index contributed by atoms with van der Waals surface area (Å²) in [7, 11) is 0. The van der Waals surface area contributed by atoms with Gasteiger partial charge >= 0.3 is 0 Å². The highest BCUT2D eigenvalue weighted by Crippen LogP contribution is 2.17. The zero-order valence-electron chi connectivity index (χ0n) is 11.1. The molecule has 2 heterocycles. The number of nitrogens with one attached hydrogen (secondary N) is 1. The number of carbonyl (C=O) groups excluding carboxylic acids is 2. The molecule has 2 rings (SSSR count). The third kappa shape index (κ3) is 3.67. The number of carbonyl (C=O) groups is 2. The van der Waals surface area contributed by atoms with E-state index in [1.165, 1.54) is 0 Å². The van der Waals surface area contributed by atoms with Gasteiger partial charge in [0.05, 0.1) is 6.20 Å². The highest BCUT2D eigenvalue weighted by molar-refractivity contribution is 5.80. The SMILES string of the molecule is NNC(=O)C1CCN(C(=O)COc2cccnc2)CC1. The molecule has 0 aliphatic carbocycles. The maximum atomic E-state index is 12.0. The van der Waals surface area contributed by atoms with Gasteiger partial charge in [0.25, 0.3) is 5.91 Å². The van der Waals surface area contributed by atoms with Gasteiger partial charge in [0.15, 0.2) is 6.61 Å². The molecule has 0 spiro atoms. The van der Waals surface area contributed by atoms with Crippen molar-refractivity contribution in [3.8, 4) is 5.75 Å². The van der Waals surface area contributed by atoms with Gasteiger partial charge in [0.1, 0.15) is 5.75 Å². The average Bonchev–Trinajstić information content (AvgIpc) is 2.53. The van der Waals surface area contributed by atoms with E-state index in [1.807, 2.05) is 0 Å². The Morgan fingerprint density at radius 3 is 2.80 bits per heavy atom. The molecule has 20 heavy (non-hydrogen) atoms. The molecule has 1 aromatic heterocycles. The fourth-order valence-corrected chi connectivity index (χ4v) is 2.18. The van der Waals surface area contributed by atoms with Crippen molar-refractivity contribution >= 4 is 11.8 Å². The van der Waals surface area contributed by atoms with Crippen molar-refractivity contribution in [3.05, 3.63) is 24.5 Å². The molecule has 1 aliphatic heterocycles. The second-order valence-corrected chi connectivity index (χ2v) is 4.64. The first-order chi connectivity index (χ1) is 9.70. The van der Waals surface area contributed by atoms with E-state index in [0.717, 1.165) is 0 Å². The molecule has 0 radical (unpaired) electrons. The van der Waals surface area contributed by atoms with Crippen LogP contribution in [0.15, 0.2) is 24.5 Å². The van der Waals surface area contributed by atoms with E-state index in [0.29, 0.717) is 31.7 Å². The molecule has 0 atom stereocenters. The van der Waals surface area contributed by atoms with E-state index in [4.69, 9.17) is 10.6 Å². The molecule has 3 N–H and O–H groups in total. The van der Waals surface area contributed by atoms with Crippen LogP contribution in [0.2, 0.25) is 0 Å². The molecule has 108 valence electrons. The smallest absolute Gasteiger partial charge is 0.260 e. The van der Waals surface area contributed by atoms with E-state index >= 15 is 0 Å². The van der Waals surface area contributed by atoms with Crippen LogP contribution in [0.5, 0.6) is 5.75 Å². The molecule has 1 fully saturated rings. The number of pyridine rings is 1. The Balaban J connectivity index is 1.76. The number of piperidine rings is 1. The minimum atomic E-state index is -0.163. The van der Waals surface area contributed by atoms with Gasteiger partial charge in [0.2, 0.25) is 5.91 Å². The standard InChI is InChI=1S/C13H18N4O3/c14-16-13(19)10-3-6-17(7-4-10)12(18)9-20-11-2-1-5-15-8-11/h1-2,5,8,10H,3-4,6-7,9,14H2,(H,16,19). The highest BCUT2D eigenvalue weighted by Gasteiger charge is 2.26. The number of likely N-dealkylation sites (tertiary alicyclic amines) is 1. The lowest BCUT2D eigenvalue weighted by Gasteiger charge is -2.30. The Kier molecular flexibility index (Phi) is 4.89. The van der Waals surface area contributed by atoms with E-state index in [1.54, 1.807) is 29.4 Å². The normalized spacial score (nSPS) is 15.8. The van der Waals surface area contributed by atoms with E-state index in [2.05, 4.69) is 10.4 Å². The zero-order valence-corrected chi connectivity index (χ0v) is 11.1. The van der Waals surface area contributed by atoms with Gasteiger partial charge in [-0.2, -0.15) is 0 Å². The topological polar surface area (TPSA) is 97.6 Å². The molecule has 0 bridgehead atoms. The summed E-state index contributed by atoms with van der Waals surface area (Å²) in [6, 6.07) is 3.49. The second kappa shape index (κ2) is 6.85. The number of aromatic nitrogens is 1. The van der Waals surface area contributed by atoms with E-state index in [9.17, 15) is 9.59 Å². The van der Waals surface area contributed by atoms with Crippen molar-refractivity contribution in [1.82, 2.24) is 15.3 Å². The summed E-state index contributed by atoms with van der Waals surface area (Å²) in [5.74, 6) is 5.32. The van der Waals surface area contributed by atoms with E-state index in [-0.39, 0.29) is 24.3 Å². The van der Waals surface area contributed by atoms with Crippen LogP contribution in [0, 0.1) is 5.92 Å². The summed E-state index contributed by atoms with van der Waals surface area (Å²) < 4.78 is 5.36. The number of nitrogens with zero attached hydrogens (tertiary/aromatic N) is 2. The van der Waals surface area contributed by atoms with Crippen LogP contribution < -0.4 is 16.0 Å². The molecule has 2 amide bonds. The third-order valence-corrected chi connectivity index (χ3v) is 3.36. The molecule has 7 heteroatoms. The van der Waals surface area contributed by atoms with Gasteiger partial charge in [-0.1, -0.05) is 0 Å². The van der Waals surface area contributed by atoms with Gasteiger partial charge in [0, 0.05) is 25.2 Å². The number of hydrogen-bond acceptors (Lipinski definition) is 5. The Hall–Kier alpha value is -2.15. The maximum Gasteiger partial charge on any atom is 0.260 e. The van der Waals surface area contributed by atoms with Gasteiger partial charge < -0.3 is 9.64 Å². The van der Waals surface area contributed by atoms with E-state index < -0.39 is 0 Å². The molecular formula is C13H18N4O3. The first-order valence-corrected chi connectivity index (χ1v) is 6.51. The monoisotopic (exact) mass is 278 g/mol. The number of ether oxygens (including phenoxy) is 1. The Morgan fingerprint density at radius 1 is 1.45 bits per heavy atom. The van der Waals surface area contributed by atoms with Crippen LogP contribution >= 0.6 is 0 Å². The van der Waals surface area contributed by atoms with Crippen LogP contribution in [0.25, 0.3) is 0 Å². The number of hydrogen-bond donors (Lipinski definition) is 2. The number of nitrogens with two attached hydrogens (primary N) is 1. The predicted molar refractivity (Wildman–Crippen MR) is 71.4 cm³/mol. The molecule has 1 saturated heterocycles. The summed E-state index contributed by atoms with van der Waals surface area (Å²) in [4.78, 5) is 29.0. The van der Waals surface area contributed by atoms with Crippen molar-refractivity contribution in [2.24, 2.45) is 11.8 Å². The van der Waals surface area contributed by atoms with Crippen molar-refractivity contribution in [1.29, 1.82) is 0 Å². The molecular weight excluding hydrogens is 260 g/mol. The number of rotatable bonds is 4. The van der Waals surface area contributed by atoms with Gasteiger partial charge in [-0.3, -0.25) is 20.0 Å². The summed E-state index contributed by atoms with van der Waals surface area (Å²) >= 11 is 0. The van der Waals surface area contributed by atoms with Crippen molar-refractivity contribution in [3.63, 3.8) is 0 Å². The molecule has 0 aromatic carbocycles. The lowest BCUT2D eigenvalue weighted by atomic mass is 9.96. The van der Waals surface area contributed by atoms with Gasteiger partial charge in [-0.05, 0) is 25.0 Å². The Morgan fingerprint density at radius 2 is 2.20 bits per heavy atom. The fraction of sp³-hybridized carbons (Fsp3) is 0.462. The van der Waals surface area contributed by atoms with Crippen molar-refractivity contribution in [2.45, 2.75) is 12.8 Å². The van der Waals surface area contributed by atoms with Crippen LogP contribution in [0.4, 0.5) is 0 Å². The van der Waals surface area contributed by atoms with Crippen LogP contribution in [0.3, 0.4) is 0 Å². The number of hydrazine groups is 1. The summed E-state index contributed by atoms with van der Waals surface area (Å²) in [6.45, 7) is 1.08. The third-order valence-electron chi connectivity index (χ3n) is 3.36. The molecule has 0 unspecified atom stereocenters. The summed E-state index contributed by atoms with van der Waals surface area (Å²) in [5, 5.41) is 0. The molecule has 1 aromatic rings. The number of amides is 2. The lowest BCUT2D eigenvalue weighted by Crippen LogP contribution is -2.45. The maximum absolute atomic E-state index is 12.0. The first kappa shape index (κ1) is 14.3. The summed E-state index contributed by atoms with van der Waals surface area (Å²) in [5.41, 5.74) is 2.15. The fourth-order valence-electron chi connectivity index (χ4n) is 2.18. The molecule has 7 nitrogen and oxygen atoms in total.